The minimum absolute atomic E-state index is 0.146. The number of anilines is 2. The first-order chi connectivity index (χ1) is 15.2. The number of nitrogens with zero attached hydrogens (tertiary/aromatic N) is 6. The van der Waals surface area contributed by atoms with Crippen LogP contribution in [0.25, 0.3) is 11.0 Å². The molecule has 2 fully saturated rings. The molecule has 0 unspecified atom stereocenters. The second-order valence-corrected chi connectivity index (χ2v) is 11.5. The number of aromatic nitrogens is 4. The van der Waals surface area contributed by atoms with Crippen LogP contribution in [-0.2, 0) is 23.0 Å². The van der Waals surface area contributed by atoms with E-state index >= 15 is 0 Å². The van der Waals surface area contributed by atoms with Crippen molar-refractivity contribution in [2.45, 2.75) is 37.9 Å². The van der Waals surface area contributed by atoms with Gasteiger partial charge < -0.3 is 14.8 Å². The number of fused-ring (bicyclic) bond motifs is 2. The summed E-state index contributed by atoms with van der Waals surface area (Å²) in [6, 6.07) is 4.18. The van der Waals surface area contributed by atoms with E-state index in [0.29, 0.717) is 24.8 Å². The molecule has 11 heteroatoms. The number of H-pyrrole nitrogens is 1. The molecule has 0 bridgehead atoms. The van der Waals surface area contributed by atoms with Crippen LogP contribution in [0.2, 0.25) is 5.15 Å². The molecule has 3 aromatic rings. The first-order valence-corrected chi connectivity index (χ1v) is 12.9. The Morgan fingerprint density at radius 3 is 2.81 bits per heavy atom. The van der Waals surface area contributed by atoms with Gasteiger partial charge in [0.05, 0.1) is 23.2 Å². The Morgan fingerprint density at radius 2 is 2.09 bits per heavy atom. The Bertz CT molecular complexity index is 1340. The second-order valence-electron chi connectivity index (χ2n) is 9.16. The van der Waals surface area contributed by atoms with Crippen molar-refractivity contribution in [3.63, 3.8) is 0 Å². The third-order valence-electron chi connectivity index (χ3n) is 7.19. The summed E-state index contributed by atoms with van der Waals surface area (Å²) in [6.07, 6.45) is 6.57. The van der Waals surface area contributed by atoms with E-state index < -0.39 is 10.0 Å². The summed E-state index contributed by atoms with van der Waals surface area (Å²) in [5.41, 5.74) is 3.84. The van der Waals surface area contributed by atoms with Gasteiger partial charge in [-0.1, -0.05) is 11.6 Å². The van der Waals surface area contributed by atoms with Crippen molar-refractivity contribution in [2.75, 3.05) is 35.7 Å². The van der Waals surface area contributed by atoms with Crippen molar-refractivity contribution < 1.29 is 8.42 Å². The van der Waals surface area contributed by atoms with Gasteiger partial charge in [-0.05, 0) is 25.5 Å². The Labute approximate surface area is 191 Å². The Morgan fingerprint density at radius 1 is 1.28 bits per heavy atom. The molecule has 6 rings (SSSR count). The van der Waals surface area contributed by atoms with E-state index in [1.807, 2.05) is 18.3 Å². The summed E-state index contributed by atoms with van der Waals surface area (Å²) < 4.78 is 25.4. The van der Waals surface area contributed by atoms with Gasteiger partial charge in [0.25, 0.3) is 0 Å². The fourth-order valence-corrected chi connectivity index (χ4v) is 6.46. The van der Waals surface area contributed by atoms with Gasteiger partial charge in [0.2, 0.25) is 10.0 Å². The first-order valence-electron chi connectivity index (χ1n) is 10.7. The predicted octanol–water partition coefficient (Wildman–Crippen LogP) is 2.18. The molecule has 0 aromatic carbocycles. The number of aromatic amines is 1. The third-order valence-corrected chi connectivity index (χ3v) is 8.58. The number of pyridine rings is 1. The first kappa shape index (κ1) is 20.2. The molecule has 0 saturated carbocycles. The Hall–Kier alpha value is -2.43. The van der Waals surface area contributed by atoms with Crippen LogP contribution in [0.4, 0.5) is 11.5 Å². The predicted molar refractivity (Wildman–Crippen MR) is 124 cm³/mol. The lowest BCUT2D eigenvalue weighted by Crippen LogP contribution is -2.78. The summed E-state index contributed by atoms with van der Waals surface area (Å²) in [5, 5.41) is 1.49. The van der Waals surface area contributed by atoms with E-state index in [1.165, 1.54) is 6.26 Å². The highest BCUT2D eigenvalue weighted by atomic mass is 35.5. The molecule has 0 radical (unpaired) electrons. The highest BCUT2D eigenvalue weighted by Crippen LogP contribution is 2.45. The van der Waals surface area contributed by atoms with Crippen molar-refractivity contribution in [1.29, 1.82) is 0 Å². The van der Waals surface area contributed by atoms with Gasteiger partial charge in [0.15, 0.2) is 0 Å². The number of nitrogens with one attached hydrogen (secondary N) is 1. The van der Waals surface area contributed by atoms with Gasteiger partial charge in [-0.3, -0.25) is 0 Å². The zero-order valence-corrected chi connectivity index (χ0v) is 19.5. The van der Waals surface area contributed by atoms with Crippen LogP contribution in [0.15, 0.2) is 24.7 Å². The molecule has 1 N–H and O–H groups in total. The van der Waals surface area contributed by atoms with E-state index in [4.69, 9.17) is 11.6 Å². The molecule has 1 spiro atoms. The number of hydrogen-bond acceptors (Lipinski definition) is 7. The van der Waals surface area contributed by atoms with E-state index in [1.54, 1.807) is 10.6 Å². The zero-order valence-electron chi connectivity index (χ0n) is 17.9. The molecular formula is C21H24ClN7O2S. The summed E-state index contributed by atoms with van der Waals surface area (Å²) in [6.45, 7) is 4.78. The minimum atomic E-state index is -3.16. The highest BCUT2D eigenvalue weighted by Gasteiger charge is 2.57. The molecule has 32 heavy (non-hydrogen) atoms. The normalized spacial score (nSPS) is 22.7. The van der Waals surface area contributed by atoms with Crippen LogP contribution >= 0.6 is 11.6 Å². The van der Waals surface area contributed by atoms with E-state index in [0.717, 1.165) is 53.2 Å². The Balaban J connectivity index is 1.36. The van der Waals surface area contributed by atoms with Crippen molar-refractivity contribution in [1.82, 2.24) is 24.2 Å². The number of halogens is 1. The van der Waals surface area contributed by atoms with Crippen molar-refractivity contribution in [3.8, 4) is 0 Å². The standard InChI is InChI=1S/C21H24ClN7O2S/c1-13-7-16-15(9-28(13)17-8-18(22)26-19-14(17)3-5-23-19)20(25-12-24-16)29-6-4-21(29)10-27(11-21)32(2,30)31/h3,5,8,12-13H,4,6-7,9-11H2,1-2H3,(H,23,26)/t13-/m1/s1. The van der Waals surface area contributed by atoms with Gasteiger partial charge in [-0.25, -0.2) is 23.4 Å². The van der Waals surface area contributed by atoms with Crippen LogP contribution in [0.5, 0.6) is 0 Å². The minimum Gasteiger partial charge on any atom is -0.363 e. The molecule has 6 heterocycles. The molecule has 2 saturated heterocycles. The van der Waals surface area contributed by atoms with Gasteiger partial charge in [-0.15, -0.1) is 0 Å². The smallest absolute Gasteiger partial charge is 0.211 e. The molecule has 3 aliphatic heterocycles. The molecule has 3 aliphatic rings. The zero-order chi connectivity index (χ0) is 22.3. The van der Waals surface area contributed by atoms with Gasteiger partial charge in [0.1, 0.15) is 22.9 Å². The average Bonchev–Trinajstić information content (AvgIpc) is 3.12. The van der Waals surface area contributed by atoms with E-state index in [2.05, 4.69) is 36.7 Å². The van der Waals surface area contributed by atoms with Crippen LogP contribution in [0, 0.1) is 0 Å². The largest absolute Gasteiger partial charge is 0.363 e. The molecule has 0 aliphatic carbocycles. The van der Waals surface area contributed by atoms with Crippen molar-refractivity contribution in [2.24, 2.45) is 0 Å². The summed E-state index contributed by atoms with van der Waals surface area (Å²) >= 11 is 6.33. The maximum absolute atomic E-state index is 11.9. The van der Waals surface area contributed by atoms with Crippen molar-refractivity contribution in [3.05, 3.63) is 41.1 Å². The van der Waals surface area contributed by atoms with Gasteiger partial charge in [0, 0.05) is 55.8 Å². The molecule has 9 nitrogen and oxygen atoms in total. The maximum atomic E-state index is 11.9. The van der Waals surface area contributed by atoms with Crippen LogP contribution < -0.4 is 9.80 Å². The lowest BCUT2D eigenvalue weighted by atomic mass is 9.78. The highest BCUT2D eigenvalue weighted by molar-refractivity contribution is 7.88. The summed E-state index contributed by atoms with van der Waals surface area (Å²) in [7, 11) is -3.16. The monoisotopic (exact) mass is 473 g/mol. The van der Waals surface area contributed by atoms with Crippen LogP contribution in [-0.4, -0.2) is 70.1 Å². The van der Waals surface area contributed by atoms with E-state index in [-0.39, 0.29) is 11.6 Å². The maximum Gasteiger partial charge on any atom is 0.211 e. The van der Waals surface area contributed by atoms with E-state index in [9.17, 15) is 8.42 Å². The quantitative estimate of drug-likeness (QED) is 0.582. The fourth-order valence-electron chi connectivity index (χ4n) is 5.32. The van der Waals surface area contributed by atoms with Crippen LogP contribution in [0.1, 0.15) is 24.6 Å². The molecular weight excluding hydrogens is 450 g/mol. The number of rotatable bonds is 3. The second kappa shape index (κ2) is 6.79. The number of hydrogen-bond donors (Lipinski definition) is 1. The molecule has 168 valence electrons. The Kier molecular flexibility index (Phi) is 4.28. The lowest BCUT2D eigenvalue weighted by molar-refractivity contribution is 0.0916. The summed E-state index contributed by atoms with van der Waals surface area (Å²) in [5.74, 6) is 0.928. The van der Waals surface area contributed by atoms with Crippen molar-refractivity contribution >= 4 is 44.2 Å². The topological polar surface area (TPSA) is 98.3 Å². The van der Waals surface area contributed by atoms with Gasteiger partial charge >= 0.3 is 0 Å². The molecule has 1 atom stereocenters. The lowest BCUT2D eigenvalue weighted by Gasteiger charge is -2.62. The SMILES string of the molecule is C[C@@H]1Cc2ncnc(N3CCC34CN(S(C)(=O)=O)C4)c2CN1c1cc(Cl)nc2[nH]ccc12. The fraction of sp³-hybridized carbons (Fsp3) is 0.476. The molecule has 3 aromatic heterocycles. The van der Waals surface area contributed by atoms with Crippen LogP contribution in [0.3, 0.4) is 0 Å². The third kappa shape index (κ3) is 2.93. The van der Waals surface area contributed by atoms with Gasteiger partial charge in [-0.2, -0.15) is 4.31 Å². The number of sulfonamides is 1. The molecule has 0 amide bonds. The average molecular weight is 474 g/mol. The summed E-state index contributed by atoms with van der Waals surface area (Å²) in [4.78, 5) is 21.5.